The number of likely N-dealkylation sites (N-methyl/N-ethyl adjacent to an activating group) is 1. The van der Waals surface area contributed by atoms with Crippen LogP contribution in [0.25, 0.3) is 0 Å². The molecule has 0 unspecified atom stereocenters. The molecule has 1 aliphatic rings. The fourth-order valence-corrected chi connectivity index (χ4v) is 2.25. The van der Waals surface area contributed by atoms with Crippen LogP contribution in [0, 0.1) is 11.6 Å². The molecule has 4 N–H and O–H groups in total. The fraction of sp³-hybridized carbons (Fsp3) is 0.286. The van der Waals surface area contributed by atoms with Gasteiger partial charge in [-0.3, -0.25) is 0 Å². The Hall–Kier alpha value is -2.48. The van der Waals surface area contributed by atoms with Crippen LogP contribution in [-0.4, -0.2) is 36.1 Å². The first-order valence-corrected chi connectivity index (χ1v) is 6.84. The molecule has 2 aromatic rings. The largest absolute Gasteiger partial charge is 0.368 e. The molecular formula is C14H16F2N6. The van der Waals surface area contributed by atoms with Crippen molar-refractivity contribution >= 4 is 23.3 Å². The SMILES string of the molecule is CNC1CN(c2cc(Nc3ccc(F)c(F)c3)nc(N)n2)C1. The number of anilines is 4. The van der Waals surface area contributed by atoms with Crippen molar-refractivity contribution in [2.45, 2.75) is 6.04 Å². The van der Waals surface area contributed by atoms with Crippen molar-refractivity contribution in [3.63, 3.8) is 0 Å². The van der Waals surface area contributed by atoms with Gasteiger partial charge in [0.05, 0.1) is 0 Å². The van der Waals surface area contributed by atoms with Gasteiger partial charge in [0.1, 0.15) is 11.6 Å². The average molecular weight is 306 g/mol. The second kappa shape index (κ2) is 5.72. The van der Waals surface area contributed by atoms with Crippen molar-refractivity contribution < 1.29 is 8.78 Å². The normalized spacial score (nSPS) is 14.8. The maximum Gasteiger partial charge on any atom is 0.223 e. The molecule has 1 aromatic carbocycles. The molecule has 2 heterocycles. The number of benzene rings is 1. The van der Waals surface area contributed by atoms with Gasteiger partial charge >= 0.3 is 0 Å². The van der Waals surface area contributed by atoms with Gasteiger partial charge in [-0.25, -0.2) is 8.78 Å². The van der Waals surface area contributed by atoms with E-state index in [-0.39, 0.29) is 5.95 Å². The molecule has 22 heavy (non-hydrogen) atoms. The highest BCUT2D eigenvalue weighted by Gasteiger charge is 2.26. The standard InChI is InChI=1S/C14H16F2N6/c1-18-9-6-22(7-9)13-5-12(20-14(17)21-13)19-8-2-3-10(15)11(16)4-8/h2-5,9,18H,6-7H2,1H3,(H3,17,19,20,21). The first-order chi connectivity index (χ1) is 10.5. The summed E-state index contributed by atoms with van der Waals surface area (Å²) in [4.78, 5) is 10.3. The summed E-state index contributed by atoms with van der Waals surface area (Å²) < 4.78 is 26.2. The minimum atomic E-state index is -0.924. The van der Waals surface area contributed by atoms with E-state index in [4.69, 9.17) is 5.73 Å². The number of rotatable bonds is 4. The van der Waals surface area contributed by atoms with Crippen molar-refractivity contribution in [3.05, 3.63) is 35.9 Å². The second-order valence-electron chi connectivity index (χ2n) is 5.11. The molecule has 0 bridgehead atoms. The summed E-state index contributed by atoms with van der Waals surface area (Å²) in [5, 5.41) is 6.07. The Morgan fingerprint density at radius 2 is 1.95 bits per heavy atom. The molecule has 0 amide bonds. The number of aromatic nitrogens is 2. The Kier molecular flexibility index (Phi) is 3.76. The van der Waals surface area contributed by atoms with Gasteiger partial charge in [0.25, 0.3) is 0 Å². The zero-order valence-electron chi connectivity index (χ0n) is 12.0. The Labute approximate surface area is 126 Å². The molecule has 116 valence electrons. The minimum absolute atomic E-state index is 0.121. The third-order valence-electron chi connectivity index (χ3n) is 3.54. The smallest absolute Gasteiger partial charge is 0.223 e. The lowest BCUT2D eigenvalue weighted by molar-refractivity contribution is 0.447. The number of hydrogen-bond acceptors (Lipinski definition) is 6. The summed E-state index contributed by atoms with van der Waals surface area (Å²) in [6.07, 6.45) is 0. The van der Waals surface area contributed by atoms with Gasteiger partial charge in [-0.2, -0.15) is 9.97 Å². The molecule has 1 aliphatic heterocycles. The summed E-state index contributed by atoms with van der Waals surface area (Å²) in [5.41, 5.74) is 6.10. The van der Waals surface area contributed by atoms with Gasteiger partial charge in [-0.15, -0.1) is 0 Å². The summed E-state index contributed by atoms with van der Waals surface area (Å²) in [5.74, 6) is -0.569. The third-order valence-corrected chi connectivity index (χ3v) is 3.54. The average Bonchev–Trinajstić information content (AvgIpc) is 2.41. The van der Waals surface area contributed by atoms with Crippen LogP contribution in [0.5, 0.6) is 0 Å². The van der Waals surface area contributed by atoms with E-state index in [1.54, 1.807) is 6.07 Å². The predicted molar refractivity (Wildman–Crippen MR) is 81.1 cm³/mol. The van der Waals surface area contributed by atoms with Crippen molar-refractivity contribution in [1.82, 2.24) is 15.3 Å². The topological polar surface area (TPSA) is 79.1 Å². The van der Waals surface area contributed by atoms with E-state index in [1.807, 2.05) is 7.05 Å². The van der Waals surface area contributed by atoms with E-state index in [1.165, 1.54) is 6.07 Å². The molecule has 0 aliphatic carbocycles. The number of nitrogens with two attached hydrogens (primary N) is 1. The summed E-state index contributed by atoms with van der Waals surface area (Å²) in [6, 6.07) is 5.70. The zero-order valence-corrected chi connectivity index (χ0v) is 12.0. The van der Waals surface area contributed by atoms with Crippen LogP contribution < -0.4 is 21.3 Å². The van der Waals surface area contributed by atoms with Crippen LogP contribution in [0.3, 0.4) is 0 Å². The second-order valence-corrected chi connectivity index (χ2v) is 5.11. The Bertz CT molecular complexity index is 687. The summed E-state index contributed by atoms with van der Waals surface area (Å²) >= 11 is 0. The van der Waals surface area contributed by atoms with E-state index < -0.39 is 11.6 Å². The number of nitrogens with zero attached hydrogens (tertiary/aromatic N) is 3. The number of hydrogen-bond donors (Lipinski definition) is 3. The van der Waals surface area contributed by atoms with Gasteiger partial charge < -0.3 is 21.3 Å². The number of halogens is 2. The molecule has 0 spiro atoms. The lowest BCUT2D eigenvalue weighted by atomic mass is 10.1. The van der Waals surface area contributed by atoms with Crippen LogP contribution in [0.15, 0.2) is 24.3 Å². The minimum Gasteiger partial charge on any atom is -0.368 e. The highest BCUT2D eigenvalue weighted by Crippen LogP contribution is 2.24. The maximum absolute atomic E-state index is 13.2. The molecular weight excluding hydrogens is 290 g/mol. The maximum atomic E-state index is 13.2. The predicted octanol–water partition coefficient (Wildman–Crippen LogP) is 1.49. The third kappa shape index (κ3) is 2.91. The molecule has 1 fully saturated rings. The van der Waals surface area contributed by atoms with Gasteiger partial charge in [-0.05, 0) is 19.2 Å². The number of nitrogen functional groups attached to an aromatic ring is 1. The molecule has 8 heteroatoms. The van der Waals surface area contributed by atoms with Crippen molar-refractivity contribution in [2.75, 3.05) is 36.1 Å². The number of nitrogens with one attached hydrogen (secondary N) is 2. The van der Waals surface area contributed by atoms with Gasteiger partial charge in [0, 0.05) is 37.0 Å². The van der Waals surface area contributed by atoms with Crippen molar-refractivity contribution in [1.29, 1.82) is 0 Å². The van der Waals surface area contributed by atoms with E-state index in [9.17, 15) is 8.78 Å². The van der Waals surface area contributed by atoms with E-state index >= 15 is 0 Å². The Morgan fingerprint density at radius 3 is 2.64 bits per heavy atom. The lowest BCUT2D eigenvalue weighted by Gasteiger charge is -2.40. The van der Waals surface area contributed by atoms with E-state index in [0.717, 1.165) is 25.2 Å². The van der Waals surface area contributed by atoms with Crippen LogP contribution in [-0.2, 0) is 0 Å². The Morgan fingerprint density at radius 1 is 1.18 bits per heavy atom. The monoisotopic (exact) mass is 306 g/mol. The first kappa shape index (κ1) is 14.5. The van der Waals surface area contributed by atoms with Crippen LogP contribution >= 0.6 is 0 Å². The molecule has 6 nitrogen and oxygen atoms in total. The molecule has 3 rings (SSSR count). The molecule has 1 saturated heterocycles. The van der Waals surface area contributed by atoms with E-state index in [2.05, 4.69) is 25.5 Å². The zero-order chi connectivity index (χ0) is 15.7. The fourth-order valence-electron chi connectivity index (χ4n) is 2.25. The van der Waals surface area contributed by atoms with E-state index in [0.29, 0.717) is 23.4 Å². The van der Waals surface area contributed by atoms with Crippen LogP contribution in [0.1, 0.15) is 0 Å². The molecule has 1 aromatic heterocycles. The first-order valence-electron chi connectivity index (χ1n) is 6.84. The van der Waals surface area contributed by atoms with Gasteiger partial charge in [0.15, 0.2) is 11.6 Å². The highest BCUT2D eigenvalue weighted by molar-refractivity contribution is 5.62. The summed E-state index contributed by atoms with van der Waals surface area (Å²) in [6.45, 7) is 1.66. The Balaban J connectivity index is 1.79. The van der Waals surface area contributed by atoms with Gasteiger partial charge in [-0.1, -0.05) is 0 Å². The van der Waals surface area contributed by atoms with Crippen LogP contribution in [0.2, 0.25) is 0 Å². The van der Waals surface area contributed by atoms with Crippen molar-refractivity contribution in [2.24, 2.45) is 0 Å². The summed E-state index contributed by atoms with van der Waals surface area (Å²) in [7, 11) is 1.91. The molecule has 0 saturated carbocycles. The highest BCUT2D eigenvalue weighted by atomic mass is 19.2. The lowest BCUT2D eigenvalue weighted by Crippen LogP contribution is -2.57. The molecule has 0 radical (unpaired) electrons. The molecule has 0 atom stereocenters. The van der Waals surface area contributed by atoms with Crippen LogP contribution in [0.4, 0.5) is 32.1 Å². The van der Waals surface area contributed by atoms with Crippen molar-refractivity contribution in [3.8, 4) is 0 Å². The quantitative estimate of drug-likeness (QED) is 0.794. The van der Waals surface area contributed by atoms with Gasteiger partial charge in [0.2, 0.25) is 5.95 Å².